The molecular formula is C16H23FN2O2Si. The molecule has 0 atom stereocenters. The summed E-state index contributed by atoms with van der Waals surface area (Å²) in [7, 11) is 0.338. The average Bonchev–Trinajstić information content (AvgIpc) is 2.80. The SMILES string of the molecule is C=Cc1nn(COCC[Si](C)(C)C)c2ccc(F)c(OC)c12. The van der Waals surface area contributed by atoms with Crippen molar-refractivity contribution in [2.24, 2.45) is 0 Å². The van der Waals surface area contributed by atoms with Crippen molar-refractivity contribution in [2.45, 2.75) is 32.4 Å². The zero-order valence-corrected chi connectivity index (χ0v) is 14.6. The molecule has 0 radical (unpaired) electrons. The highest BCUT2D eigenvalue weighted by Crippen LogP contribution is 2.32. The van der Waals surface area contributed by atoms with Crippen LogP contribution >= 0.6 is 0 Å². The summed E-state index contributed by atoms with van der Waals surface area (Å²) in [6.07, 6.45) is 1.60. The number of methoxy groups -OCH3 is 1. The van der Waals surface area contributed by atoms with Gasteiger partial charge in [-0.2, -0.15) is 5.10 Å². The molecule has 0 spiro atoms. The third kappa shape index (κ3) is 3.56. The van der Waals surface area contributed by atoms with E-state index in [1.54, 1.807) is 16.8 Å². The van der Waals surface area contributed by atoms with Gasteiger partial charge in [0.1, 0.15) is 6.73 Å². The lowest BCUT2D eigenvalue weighted by Gasteiger charge is -2.15. The summed E-state index contributed by atoms with van der Waals surface area (Å²) in [5.41, 5.74) is 1.38. The molecule has 0 bridgehead atoms. The molecule has 120 valence electrons. The Kier molecular flexibility index (Phi) is 5.03. The van der Waals surface area contributed by atoms with Gasteiger partial charge in [0, 0.05) is 14.7 Å². The summed E-state index contributed by atoms with van der Waals surface area (Å²) in [4.78, 5) is 0. The van der Waals surface area contributed by atoms with Gasteiger partial charge in [-0.15, -0.1) is 0 Å². The first kappa shape index (κ1) is 16.7. The maximum Gasteiger partial charge on any atom is 0.166 e. The minimum Gasteiger partial charge on any atom is -0.493 e. The van der Waals surface area contributed by atoms with Gasteiger partial charge >= 0.3 is 0 Å². The Morgan fingerprint density at radius 3 is 2.68 bits per heavy atom. The topological polar surface area (TPSA) is 36.3 Å². The fourth-order valence-electron chi connectivity index (χ4n) is 2.21. The largest absolute Gasteiger partial charge is 0.493 e. The molecular weight excluding hydrogens is 299 g/mol. The zero-order valence-electron chi connectivity index (χ0n) is 13.6. The summed E-state index contributed by atoms with van der Waals surface area (Å²) in [5.74, 6) is -0.210. The van der Waals surface area contributed by atoms with Gasteiger partial charge < -0.3 is 9.47 Å². The summed E-state index contributed by atoms with van der Waals surface area (Å²) < 4.78 is 26.5. The van der Waals surface area contributed by atoms with Crippen LogP contribution in [0.2, 0.25) is 25.7 Å². The quantitative estimate of drug-likeness (QED) is 0.568. The maximum absolute atomic E-state index is 13.9. The number of nitrogens with zero attached hydrogens (tertiary/aromatic N) is 2. The normalized spacial score (nSPS) is 11.9. The lowest BCUT2D eigenvalue weighted by molar-refractivity contribution is 0.0816. The number of hydrogen-bond acceptors (Lipinski definition) is 3. The average molecular weight is 322 g/mol. The molecule has 0 N–H and O–H groups in total. The first-order valence-electron chi connectivity index (χ1n) is 7.30. The molecule has 0 amide bonds. The summed E-state index contributed by atoms with van der Waals surface area (Å²) >= 11 is 0. The smallest absolute Gasteiger partial charge is 0.166 e. The number of ether oxygens (including phenoxy) is 2. The Bertz CT molecular complexity index is 677. The van der Waals surface area contributed by atoms with Gasteiger partial charge in [0.05, 0.1) is 23.7 Å². The number of rotatable bonds is 7. The van der Waals surface area contributed by atoms with Crippen molar-refractivity contribution in [3.63, 3.8) is 0 Å². The van der Waals surface area contributed by atoms with Crippen LogP contribution in [0.1, 0.15) is 5.69 Å². The molecule has 4 nitrogen and oxygen atoms in total. The van der Waals surface area contributed by atoms with E-state index in [-0.39, 0.29) is 5.75 Å². The summed E-state index contributed by atoms with van der Waals surface area (Å²) in [6.45, 7) is 11.7. The number of halogens is 1. The van der Waals surface area contributed by atoms with Crippen LogP contribution in [0.4, 0.5) is 4.39 Å². The molecule has 0 fully saturated rings. The Morgan fingerprint density at radius 1 is 1.36 bits per heavy atom. The van der Waals surface area contributed by atoms with Crippen LogP contribution in [0.5, 0.6) is 5.75 Å². The van der Waals surface area contributed by atoms with E-state index in [9.17, 15) is 4.39 Å². The molecule has 2 rings (SSSR count). The van der Waals surface area contributed by atoms with Crippen molar-refractivity contribution < 1.29 is 13.9 Å². The van der Waals surface area contributed by atoms with Gasteiger partial charge in [0.2, 0.25) is 0 Å². The number of benzene rings is 1. The molecule has 1 aromatic carbocycles. The first-order valence-corrected chi connectivity index (χ1v) is 11.0. The highest BCUT2D eigenvalue weighted by Gasteiger charge is 2.17. The van der Waals surface area contributed by atoms with Gasteiger partial charge in [-0.1, -0.05) is 26.2 Å². The molecule has 1 aromatic heterocycles. The molecule has 0 aliphatic rings. The molecule has 22 heavy (non-hydrogen) atoms. The van der Waals surface area contributed by atoms with Crippen LogP contribution in [0.25, 0.3) is 17.0 Å². The van der Waals surface area contributed by atoms with Gasteiger partial charge in [0.15, 0.2) is 11.6 Å². The lowest BCUT2D eigenvalue weighted by Crippen LogP contribution is -2.22. The van der Waals surface area contributed by atoms with E-state index < -0.39 is 13.9 Å². The van der Waals surface area contributed by atoms with Crippen molar-refractivity contribution in [3.05, 3.63) is 30.2 Å². The first-order chi connectivity index (χ1) is 10.4. The van der Waals surface area contributed by atoms with E-state index in [0.29, 0.717) is 24.4 Å². The number of hydrogen-bond donors (Lipinski definition) is 0. The third-order valence-electron chi connectivity index (χ3n) is 3.46. The van der Waals surface area contributed by atoms with Crippen LogP contribution in [-0.2, 0) is 11.5 Å². The van der Waals surface area contributed by atoms with Crippen molar-refractivity contribution in [3.8, 4) is 5.75 Å². The zero-order chi connectivity index (χ0) is 16.3. The minimum absolute atomic E-state index is 0.195. The predicted molar refractivity (Wildman–Crippen MR) is 90.4 cm³/mol. The number of aromatic nitrogens is 2. The van der Waals surface area contributed by atoms with Gasteiger partial charge in [-0.25, -0.2) is 9.07 Å². The van der Waals surface area contributed by atoms with Crippen LogP contribution in [0, 0.1) is 5.82 Å². The Morgan fingerprint density at radius 2 is 2.09 bits per heavy atom. The van der Waals surface area contributed by atoms with Crippen molar-refractivity contribution >= 4 is 25.1 Å². The molecule has 2 aromatic rings. The van der Waals surface area contributed by atoms with E-state index in [2.05, 4.69) is 31.3 Å². The molecule has 0 saturated heterocycles. The van der Waals surface area contributed by atoms with Gasteiger partial charge in [-0.05, 0) is 24.3 Å². The highest BCUT2D eigenvalue weighted by molar-refractivity contribution is 6.76. The van der Waals surface area contributed by atoms with Gasteiger partial charge in [0.25, 0.3) is 0 Å². The fraction of sp³-hybridized carbons (Fsp3) is 0.438. The van der Waals surface area contributed by atoms with Gasteiger partial charge in [-0.3, -0.25) is 0 Å². The fourth-order valence-corrected chi connectivity index (χ4v) is 2.97. The van der Waals surface area contributed by atoms with Crippen LogP contribution in [-0.4, -0.2) is 31.6 Å². The maximum atomic E-state index is 13.9. The third-order valence-corrected chi connectivity index (χ3v) is 5.16. The molecule has 1 heterocycles. The standard InChI is InChI=1S/C16H23FN2O2Si/c1-6-13-15-14(8-7-12(17)16(15)20-2)19(18-13)11-21-9-10-22(3,4)5/h6-8H,1,9-11H2,2-5H3. The molecule has 0 unspecified atom stereocenters. The second-order valence-corrected chi connectivity index (χ2v) is 12.0. The predicted octanol–water partition coefficient (Wildman–Crippen LogP) is 4.14. The highest BCUT2D eigenvalue weighted by atomic mass is 28.3. The van der Waals surface area contributed by atoms with E-state index in [4.69, 9.17) is 9.47 Å². The second kappa shape index (κ2) is 6.62. The summed E-state index contributed by atoms with van der Waals surface area (Å²) in [6, 6.07) is 4.17. The summed E-state index contributed by atoms with van der Waals surface area (Å²) in [5, 5.41) is 5.06. The molecule has 6 heteroatoms. The Hall–Kier alpha value is -1.66. The van der Waals surface area contributed by atoms with E-state index in [1.807, 2.05) is 0 Å². The number of fused-ring (bicyclic) bond motifs is 1. The Balaban J connectivity index is 2.26. The second-order valence-electron chi connectivity index (χ2n) is 6.41. The van der Waals surface area contributed by atoms with Crippen LogP contribution in [0.15, 0.2) is 18.7 Å². The Labute approximate surface area is 131 Å². The lowest BCUT2D eigenvalue weighted by atomic mass is 10.2. The van der Waals surface area contributed by atoms with Crippen molar-refractivity contribution in [2.75, 3.05) is 13.7 Å². The monoisotopic (exact) mass is 322 g/mol. The van der Waals surface area contributed by atoms with Crippen LogP contribution in [0.3, 0.4) is 0 Å². The molecule has 0 saturated carbocycles. The van der Waals surface area contributed by atoms with Crippen molar-refractivity contribution in [1.29, 1.82) is 0 Å². The van der Waals surface area contributed by atoms with E-state index >= 15 is 0 Å². The van der Waals surface area contributed by atoms with Crippen molar-refractivity contribution in [1.82, 2.24) is 9.78 Å². The van der Waals surface area contributed by atoms with E-state index in [1.165, 1.54) is 13.2 Å². The molecule has 0 aliphatic heterocycles. The molecule has 0 aliphatic carbocycles. The minimum atomic E-state index is -1.11. The van der Waals surface area contributed by atoms with Crippen LogP contribution < -0.4 is 4.74 Å². The van der Waals surface area contributed by atoms with E-state index in [0.717, 1.165) is 11.6 Å².